The monoisotopic (exact) mass is 432 g/mol. The summed E-state index contributed by atoms with van der Waals surface area (Å²) in [5, 5.41) is 3.02. The van der Waals surface area contributed by atoms with Crippen LogP contribution in [0.2, 0.25) is 0 Å². The van der Waals surface area contributed by atoms with Crippen LogP contribution in [0.15, 0.2) is 53.4 Å². The summed E-state index contributed by atoms with van der Waals surface area (Å²) in [5.41, 5.74) is 2.17. The van der Waals surface area contributed by atoms with Crippen molar-refractivity contribution in [1.29, 1.82) is 0 Å². The standard InChI is InChI=1S/C20H24N4O3S2/c1-24(2)29(26,27)15-10-8-14(9-11-15)20(25)23-18(12-13-28-3)19-21-16-6-4-5-7-17(16)22-19/h4-11,18H,12-13H2,1-3H3,(H,21,22)(H,23,25). The minimum atomic E-state index is -3.53. The minimum Gasteiger partial charge on any atom is -0.342 e. The average molecular weight is 433 g/mol. The molecule has 0 saturated heterocycles. The number of carbonyl (C=O) groups is 1. The Balaban J connectivity index is 1.81. The lowest BCUT2D eigenvalue weighted by atomic mass is 10.1. The second kappa shape index (κ2) is 8.98. The molecule has 9 heteroatoms. The summed E-state index contributed by atoms with van der Waals surface area (Å²) in [7, 11) is -0.585. The van der Waals surface area contributed by atoms with Crippen LogP contribution >= 0.6 is 11.8 Å². The maximum atomic E-state index is 12.8. The lowest BCUT2D eigenvalue weighted by molar-refractivity contribution is 0.0934. The molecule has 0 aliphatic rings. The summed E-state index contributed by atoms with van der Waals surface area (Å²) in [6, 6.07) is 13.4. The molecule has 0 saturated carbocycles. The van der Waals surface area contributed by atoms with Gasteiger partial charge in [-0.3, -0.25) is 4.79 Å². The van der Waals surface area contributed by atoms with Crippen molar-refractivity contribution < 1.29 is 13.2 Å². The number of sulfonamides is 1. The van der Waals surface area contributed by atoms with E-state index in [-0.39, 0.29) is 16.8 Å². The normalized spacial score (nSPS) is 13.0. The van der Waals surface area contributed by atoms with E-state index in [1.807, 2.05) is 30.5 Å². The third-order valence-corrected chi connectivity index (χ3v) is 7.02. The molecule has 154 valence electrons. The summed E-state index contributed by atoms with van der Waals surface area (Å²) in [6.45, 7) is 0. The van der Waals surface area contributed by atoms with Crippen molar-refractivity contribution >= 4 is 38.7 Å². The number of imidazole rings is 1. The van der Waals surface area contributed by atoms with E-state index in [1.54, 1.807) is 11.8 Å². The van der Waals surface area contributed by atoms with Crippen LogP contribution in [-0.4, -0.2) is 54.7 Å². The van der Waals surface area contributed by atoms with Gasteiger partial charge >= 0.3 is 0 Å². The Morgan fingerprint density at radius 2 is 1.86 bits per heavy atom. The predicted molar refractivity (Wildman–Crippen MR) is 117 cm³/mol. The van der Waals surface area contributed by atoms with Gasteiger partial charge < -0.3 is 10.3 Å². The Labute approximate surface area is 175 Å². The Morgan fingerprint density at radius 1 is 1.17 bits per heavy atom. The molecule has 2 aromatic carbocycles. The number of amides is 1. The highest BCUT2D eigenvalue weighted by Crippen LogP contribution is 2.21. The number of fused-ring (bicyclic) bond motifs is 1. The third-order valence-electron chi connectivity index (χ3n) is 4.55. The number of hydrogen-bond donors (Lipinski definition) is 2. The average Bonchev–Trinajstić information content (AvgIpc) is 3.15. The number of nitrogens with one attached hydrogen (secondary N) is 2. The van der Waals surface area contributed by atoms with E-state index in [0.717, 1.165) is 27.5 Å². The van der Waals surface area contributed by atoms with Crippen molar-refractivity contribution in [2.24, 2.45) is 0 Å². The van der Waals surface area contributed by atoms with Gasteiger partial charge in [-0.2, -0.15) is 11.8 Å². The lowest BCUT2D eigenvalue weighted by Gasteiger charge is -2.17. The number of benzene rings is 2. The maximum absolute atomic E-state index is 12.8. The van der Waals surface area contributed by atoms with Gasteiger partial charge in [0.05, 0.1) is 22.0 Å². The van der Waals surface area contributed by atoms with Crippen molar-refractivity contribution in [3.05, 3.63) is 59.9 Å². The van der Waals surface area contributed by atoms with Crippen molar-refractivity contribution in [2.75, 3.05) is 26.1 Å². The first-order chi connectivity index (χ1) is 13.8. The van der Waals surface area contributed by atoms with Gasteiger partial charge in [-0.15, -0.1) is 0 Å². The number of aromatic amines is 1. The zero-order chi connectivity index (χ0) is 21.0. The molecule has 1 unspecified atom stereocenters. The summed E-state index contributed by atoms with van der Waals surface area (Å²) in [5.74, 6) is 1.30. The molecule has 1 amide bonds. The van der Waals surface area contributed by atoms with Gasteiger partial charge in [0, 0.05) is 19.7 Å². The second-order valence-electron chi connectivity index (χ2n) is 6.76. The van der Waals surface area contributed by atoms with Crippen molar-refractivity contribution in [1.82, 2.24) is 19.6 Å². The smallest absolute Gasteiger partial charge is 0.251 e. The van der Waals surface area contributed by atoms with E-state index in [1.165, 1.54) is 38.4 Å². The topological polar surface area (TPSA) is 95.2 Å². The molecule has 0 fully saturated rings. The molecule has 3 aromatic rings. The molecule has 7 nitrogen and oxygen atoms in total. The van der Waals surface area contributed by atoms with Gasteiger partial charge in [0.15, 0.2) is 0 Å². The largest absolute Gasteiger partial charge is 0.342 e. The predicted octanol–water partition coefficient (Wildman–Crippen LogP) is 3.04. The number of carbonyl (C=O) groups excluding carboxylic acids is 1. The molecule has 0 radical (unpaired) electrons. The van der Waals surface area contributed by atoms with E-state index in [0.29, 0.717) is 11.4 Å². The van der Waals surface area contributed by atoms with Gasteiger partial charge in [-0.1, -0.05) is 12.1 Å². The second-order valence-corrected chi connectivity index (χ2v) is 9.90. The number of nitrogens with zero attached hydrogens (tertiary/aromatic N) is 2. The zero-order valence-electron chi connectivity index (χ0n) is 16.5. The molecule has 2 N–H and O–H groups in total. The summed E-state index contributed by atoms with van der Waals surface area (Å²) < 4.78 is 25.5. The van der Waals surface area contributed by atoms with Gasteiger partial charge in [-0.05, 0) is 54.8 Å². The van der Waals surface area contributed by atoms with Crippen molar-refractivity contribution in [3.63, 3.8) is 0 Å². The Bertz CT molecular complexity index is 1060. The Hall–Kier alpha value is -2.36. The number of H-pyrrole nitrogens is 1. The van der Waals surface area contributed by atoms with Crippen LogP contribution in [-0.2, 0) is 10.0 Å². The molecule has 1 heterocycles. The van der Waals surface area contributed by atoms with Crippen LogP contribution in [0.1, 0.15) is 28.6 Å². The highest BCUT2D eigenvalue weighted by atomic mass is 32.2. The van der Waals surface area contributed by atoms with Crippen LogP contribution in [0.5, 0.6) is 0 Å². The molecule has 0 bridgehead atoms. The van der Waals surface area contributed by atoms with Gasteiger partial charge in [0.25, 0.3) is 5.91 Å². The Morgan fingerprint density at radius 3 is 2.48 bits per heavy atom. The van der Waals surface area contributed by atoms with Crippen LogP contribution in [0.4, 0.5) is 0 Å². The third kappa shape index (κ3) is 4.80. The fraction of sp³-hybridized carbons (Fsp3) is 0.300. The first kappa shape index (κ1) is 21.4. The van der Waals surface area contributed by atoms with Gasteiger partial charge in [0.1, 0.15) is 5.82 Å². The molecular weight excluding hydrogens is 408 g/mol. The van der Waals surface area contributed by atoms with Crippen LogP contribution in [0.3, 0.4) is 0 Å². The van der Waals surface area contributed by atoms with Crippen LogP contribution < -0.4 is 5.32 Å². The molecule has 1 atom stereocenters. The molecule has 3 rings (SSSR count). The molecule has 0 aliphatic heterocycles. The first-order valence-electron chi connectivity index (χ1n) is 9.10. The van der Waals surface area contributed by atoms with E-state index >= 15 is 0 Å². The highest BCUT2D eigenvalue weighted by molar-refractivity contribution is 7.98. The van der Waals surface area contributed by atoms with E-state index < -0.39 is 10.0 Å². The van der Waals surface area contributed by atoms with Crippen LogP contribution in [0, 0.1) is 0 Å². The number of hydrogen-bond acceptors (Lipinski definition) is 5. The van der Waals surface area contributed by atoms with E-state index in [2.05, 4.69) is 15.3 Å². The van der Waals surface area contributed by atoms with Crippen LogP contribution in [0.25, 0.3) is 11.0 Å². The summed E-state index contributed by atoms with van der Waals surface area (Å²) >= 11 is 1.70. The summed E-state index contributed by atoms with van der Waals surface area (Å²) in [4.78, 5) is 20.8. The molecule has 0 aliphatic carbocycles. The minimum absolute atomic E-state index is 0.148. The summed E-state index contributed by atoms with van der Waals surface area (Å²) in [6.07, 6.45) is 2.74. The number of rotatable bonds is 8. The van der Waals surface area contributed by atoms with Gasteiger partial charge in [0.2, 0.25) is 10.0 Å². The number of aromatic nitrogens is 2. The van der Waals surface area contributed by atoms with E-state index in [9.17, 15) is 13.2 Å². The zero-order valence-corrected chi connectivity index (χ0v) is 18.2. The number of thioether (sulfide) groups is 1. The molecule has 1 aromatic heterocycles. The SMILES string of the molecule is CSCCC(NC(=O)c1ccc(S(=O)(=O)N(C)C)cc1)c1nc2ccccc2[nH]1. The van der Waals surface area contributed by atoms with E-state index in [4.69, 9.17) is 0 Å². The highest BCUT2D eigenvalue weighted by Gasteiger charge is 2.21. The molecular formula is C20H24N4O3S2. The van der Waals surface area contributed by atoms with Crippen molar-refractivity contribution in [2.45, 2.75) is 17.4 Å². The Kier molecular flexibility index (Phi) is 6.61. The molecule has 0 spiro atoms. The van der Waals surface area contributed by atoms with Gasteiger partial charge in [-0.25, -0.2) is 17.7 Å². The first-order valence-corrected chi connectivity index (χ1v) is 11.9. The number of para-hydroxylation sites is 2. The molecule has 29 heavy (non-hydrogen) atoms. The fourth-order valence-electron chi connectivity index (χ4n) is 2.88. The lowest BCUT2D eigenvalue weighted by Crippen LogP contribution is -2.30. The fourth-order valence-corrected chi connectivity index (χ4v) is 4.25. The maximum Gasteiger partial charge on any atom is 0.251 e. The quantitative estimate of drug-likeness (QED) is 0.570. The van der Waals surface area contributed by atoms with Crippen molar-refractivity contribution in [3.8, 4) is 0 Å².